The molecule has 2 atom stereocenters. The summed E-state index contributed by atoms with van der Waals surface area (Å²) in [6.45, 7) is 12.0. The Morgan fingerprint density at radius 1 is 1.09 bits per heavy atom. The Morgan fingerprint density at radius 3 is 2.36 bits per heavy atom. The molecule has 2 amide bonds. The highest BCUT2D eigenvalue weighted by molar-refractivity contribution is 5.74. The first kappa shape index (κ1) is 17.5. The van der Waals surface area contributed by atoms with Crippen LogP contribution in [0.25, 0.3) is 0 Å². The minimum Gasteiger partial charge on any atom is -0.372 e. The highest BCUT2D eigenvalue weighted by atomic mass is 16.5. The van der Waals surface area contributed by atoms with Gasteiger partial charge in [-0.25, -0.2) is 4.79 Å². The topological polar surface area (TPSA) is 48.1 Å². The van der Waals surface area contributed by atoms with Gasteiger partial charge in [-0.2, -0.15) is 0 Å². The van der Waals surface area contributed by atoms with Crippen LogP contribution in [0.1, 0.15) is 26.7 Å². The first-order valence-corrected chi connectivity index (χ1v) is 8.63. The summed E-state index contributed by atoms with van der Waals surface area (Å²) in [6.07, 6.45) is 2.46. The van der Waals surface area contributed by atoms with E-state index in [-0.39, 0.29) is 18.2 Å². The van der Waals surface area contributed by atoms with Crippen LogP contribution in [-0.2, 0) is 4.74 Å². The number of hydrogen-bond acceptors (Lipinski definition) is 4. The van der Waals surface area contributed by atoms with E-state index in [1.165, 1.54) is 26.2 Å². The first-order valence-electron chi connectivity index (χ1n) is 8.63. The average molecular weight is 312 g/mol. The van der Waals surface area contributed by atoms with Crippen molar-refractivity contribution in [2.24, 2.45) is 0 Å². The standard InChI is InChI=1S/C16H32N4O2/c1-14-12-20(13-15(2)22-14)16(21)17-6-4-5-7-19-10-8-18(3)9-11-19/h14-15H,4-13H2,1-3H3,(H,17,21). The third-order valence-electron chi connectivity index (χ3n) is 4.48. The molecule has 22 heavy (non-hydrogen) atoms. The Labute approximate surface area is 134 Å². The van der Waals surface area contributed by atoms with E-state index in [0.29, 0.717) is 13.1 Å². The second-order valence-electron chi connectivity index (χ2n) is 6.75. The molecule has 0 bridgehead atoms. The zero-order valence-corrected chi connectivity index (χ0v) is 14.4. The SMILES string of the molecule is CC1CN(C(=O)NCCCCN2CCN(C)CC2)CC(C)O1. The Kier molecular flexibility index (Phi) is 6.92. The number of morpholine rings is 1. The molecule has 2 unspecified atom stereocenters. The molecule has 2 rings (SSSR count). The Bertz CT molecular complexity index is 335. The fraction of sp³-hybridized carbons (Fsp3) is 0.938. The molecule has 2 fully saturated rings. The average Bonchev–Trinajstić information content (AvgIpc) is 2.47. The lowest BCUT2D eigenvalue weighted by molar-refractivity contribution is -0.0545. The van der Waals surface area contributed by atoms with Gasteiger partial charge in [0.15, 0.2) is 0 Å². The fourth-order valence-corrected chi connectivity index (χ4v) is 3.18. The summed E-state index contributed by atoms with van der Waals surface area (Å²) in [5.41, 5.74) is 0. The molecule has 1 N–H and O–H groups in total. The summed E-state index contributed by atoms with van der Waals surface area (Å²) in [5.74, 6) is 0. The largest absolute Gasteiger partial charge is 0.372 e. The maximum Gasteiger partial charge on any atom is 0.317 e. The highest BCUT2D eigenvalue weighted by Gasteiger charge is 2.25. The van der Waals surface area contributed by atoms with Gasteiger partial charge in [0.25, 0.3) is 0 Å². The Morgan fingerprint density at radius 2 is 1.73 bits per heavy atom. The predicted molar refractivity (Wildman–Crippen MR) is 88.2 cm³/mol. The van der Waals surface area contributed by atoms with Gasteiger partial charge in [0, 0.05) is 45.8 Å². The van der Waals surface area contributed by atoms with E-state index in [4.69, 9.17) is 4.74 Å². The number of nitrogens with zero attached hydrogens (tertiary/aromatic N) is 3. The molecule has 0 aliphatic carbocycles. The summed E-state index contributed by atoms with van der Waals surface area (Å²) < 4.78 is 5.65. The van der Waals surface area contributed by atoms with Crippen molar-refractivity contribution in [3.63, 3.8) is 0 Å². The van der Waals surface area contributed by atoms with Crippen LogP contribution in [0.3, 0.4) is 0 Å². The highest BCUT2D eigenvalue weighted by Crippen LogP contribution is 2.10. The van der Waals surface area contributed by atoms with Crippen LogP contribution in [0.15, 0.2) is 0 Å². The van der Waals surface area contributed by atoms with Crippen molar-refractivity contribution in [1.29, 1.82) is 0 Å². The second-order valence-corrected chi connectivity index (χ2v) is 6.75. The lowest BCUT2D eigenvalue weighted by Crippen LogP contribution is -2.51. The van der Waals surface area contributed by atoms with Crippen LogP contribution in [0.5, 0.6) is 0 Å². The van der Waals surface area contributed by atoms with Crippen LogP contribution in [0.4, 0.5) is 4.79 Å². The number of amides is 2. The van der Waals surface area contributed by atoms with Crippen LogP contribution in [0, 0.1) is 0 Å². The lowest BCUT2D eigenvalue weighted by atomic mass is 10.2. The molecular formula is C16H32N4O2. The molecule has 2 heterocycles. The van der Waals surface area contributed by atoms with E-state index in [9.17, 15) is 4.79 Å². The van der Waals surface area contributed by atoms with Gasteiger partial charge in [0.2, 0.25) is 0 Å². The van der Waals surface area contributed by atoms with Crippen molar-refractivity contribution < 1.29 is 9.53 Å². The van der Waals surface area contributed by atoms with Gasteiger partial charge >= 0.3 is 6.03 Å². The van der Waals surface area contributed by atoms with Gasteiger partial charge in [-0.15, -0.1) is 0 Å². The molecule has 0 aromatic carbocycles. The van der Waals surface area contributed by atoms with Gasteiger partial charge in [0.1, 0.15) is 0 Å². The molecule has 128 valence electrons. The normalized spacial score (nSPS) is 27.9. The number of unbranched alkanes of at least 4 members (excludes halogenated alkanes) is 1. The number of piperazine rings is 1. The maximum atomic E-state index is 12.1. The molecule has 0 saturated carbocycles. The summed E-state index contributed by atoms with van der Waals surface area (Å²) in [4.78, 5) is 18.9. The van der Waals surface area contributed by atoms with Gasteiger partial charge in [-0.1, -0.05) is 0 Å². The number of nitrogens with one attached hydrogen (secondary N) is 1. The van der Waals surface area contributed by atoms with Crippen LogP contribution >= 0.6 is 0 Å². The van der Waals surface area contributed by atoms with Crippen molar-refractivity contribution in [1.82, 2.24) is 20.0 Å². The monoisotopic (exact) mass is 312 g/mol. The molecule has 0 aromatic rings. The van der Waals surface area contributed by atoms with E-state index < -0.39 is 0 Å². The van der Waals surface area contributed by atoms with E-state index in [0.717, 1.165) is 25.9 Å². The van der Waals surface area contributed by atoms with E-state index in [1.807, 2.05) is 18.7 Å². The summed E-state index contributed by atoms with van der Waals surface area (Å²) in [6, 6.07) is 0.0570. The number of rotatable bonds is 5. The van der Waals surface area contributed by atoms with Crippen molar-refractivity contribution in [2.45, 2.75) is 38.9 Å². The zero-order chi connectivity index (χ0) is 15.9. The Balaban J connectivity index is 1.53. The minimum absolute atomic E-state index is 0.0570. The summed E-state index contributed by atoms with van der Waals surface area (Å²) in [5, 5.41) is 3.04. The van der Waals surface area contributed by atoms with Crippen LogP contribution in [-0.4, -0.2) is 92.3 Å². The fourth-order valence-electron chi connectivity index (χ4n) is 3.18. The van der Waals surface area contributed by atoms with E-state index in [2.05, 4.69) is 22.2 Å². The van der Waals surface area contributed by atoms with Crippen molar-refractivity contribution >= 4 is 6.03 Å². The number of likely N-dealkylation sites (N-methyl/N-ethyl adjacent to an activating group) is 1. The van der Waals surface area contributed by atoms with E-state index in [1.54, 1.807) is 0 Å². The van der Waals surface area contributed by atoms with Gasteiger partial charge in [-0.3, -0.25) is 0 Å². The van der Waals surface area contributed by atoms with Crippen molar-refractivity contribution in [3.8, 4) is 0 Å². The second kappa shape index (κ2) is 8.70. The molecule has 0 spiro atoms. The Hall–Kier alpha value is -0.850. The molecule has 2 aliphatic rings. The van der Waals surface area contributed by atoms with Crippen molar-refractivity contribution in [3.05, 3.63) is 0 Å². The third kappa shape index (κ3) is 5.74. The number of carbonyl (C=O) groups excluding carboxylic acids is 1. The van der Waals surface area contributed by atoms with Crippen molar-refractivity contribution in [2.75, 3.05) is 59.4 Å². The van der Waals surface area contributed by atoms with Gasteiger partial charge < -0.3 is 24.8 Å². The molecule has 6 nitrogen and oxygen atoms in total. The zero-order valence-electron chi connectivity index (χ0n) is 14.4. The minimum atomic E-state index is 0.0570. The van der Waals surface area contributed by atoms with Crippen LogP contribution < -0.4 is 5.32 Å². The summed E-state index contributed by atoms with van der Waals surface area (Å²) >= 11 is 0. The third-order valence-corrected chi connectivity index (χ3v) is 4.48. The summed E-state index contributed by atoms with van der Waals surface area (Å²) in [7, 11) is 2.18. The molecule has 2 aliphatic heterocycles. The number of hydrogen-bond donors (Lipinski definition) is 1. The molecule has 0 radical (unpaired) electrons. The van der Waals surface area contributed by atoms with Gasteiger partial charge in [-0.05, 0) is 40.3 Å². The van der Waals surface area contributed by atoms with Crippen LogP contribution in [0.2, 0.25) is 0 Å². The molecule has 6 heteroatoms. The number of ether oxygens (including phenoxy) is 1. The number of carbonyl (C=O) groups is 1. The smallest absolute Gasteiger partial charge is 0.317 e. The molecule has 2 saturated heterocycles. The van der Waals surface area contributed by atoms with Gasteiger partial charge in [0.05, 0.1) is 12.2 Å². The maximum absolute atomic E-state index is 12.1. The quantitative estimate of drug-likeness (QED) is 0.764. The number of urea groups is 1. The van der Waals surface area contributed by atoms with E-state index >= 15 is 0 Å². The predicted octanol–water partition coefficient (Wildman–Crippen LogP) is 0.833. The molecule has 0 aromatic heterocycles. The lowest BCUT2D eigenvalue weighted by Gasteiger charge is -2.35. The molecular weight excluding hydrogens is 280 g/mol. The first-order chi connectivity index (χ1) is 10.5.